The van der Waals surface area contributed by atoms with Crippen LogP contribution in [0.1, 0.15) is 32.3 Å². The minimum absolute atomic E-state index is 0.260. The van der Waals surface area contributed by atoms with Gasteiger partial charge in [0.2, 0.25) is 0 Å². The minimum Gasteiger partial charge on any atom is -0.366 e. The first-order valence-corrected chi connectivity index (χ1v) is 5.39. The average molecular weight is 219 g/mol. The molecule has 0 amide bonds. The van der Waals surface area contributed by atoms with Gasteiger partial charge in [-0.15, -0.1) is 5.10 Å². The smallest absolute Gasteiger partial charge is 0.166 e. The van der Waals surface area contributed by atoms with Gasteiger partial charge in [0.1, 0.15) is 6.07 Å². The maximum absolute atomic E-state index is 8.87. The molecule has 0 aliphatic heterocycles. The zero-order valence-electron chi connectivity index (χ0n) is 9.70. The molecule has 0 saturated carbocycles. The highest BCUT2D eigenvalue weighted by Gasteiger charge is 2.20. The van der Waals surface area contributed by atoms with Gasteiger partial charge in [-0.05, 0) is 18.9 Å². The molecule has 0 aliphatic carbocycles. The first kappa shape index (κ1) is 12.4. The van der Waals surface area contributed by atoms with Gasteiger partial charge in [0.05, 0.1) is 11.8 Å². The fraction of sp³-hybridized carbons (Fsp3) is 0.545. The van der Waals surface area contributed by atoms with Crippen LogP contribution in [0.3, 0.4) is 0 Å². The minimum atomic E-state index is -0.260. The molecule has 5 nitrogen and oxygen atoms in total. The summed E-state index contributed by atoms with van der Waals surface area (Å²) in [6.07, 6.45) is 3.25. The van der Waals surface area contributed by atoms with Crippen LogP contribution in [-0.2, 0) is 0 Å². The number of aromatic nitrogens is 2. The number of rotatable bonds is 5. The van der Waals surface area contributed by atoms with Gasteiger partial charge in [-0.2, -0.15) is 10.4 Å². The lowest BCUT2D eigenvalue weighted by Crippen LogP contribution is -2.45. The Hall–Kier alpha value is -1.67. The lowest BCUT2D eigenvalue weighted by atomic mass is 9.94. The van der Waals surface area contributed by atoms with Gasteiger partial charge < -0.3 is 11.1 Å². The van der Waals surface area contributed by atoms with Crippen molar-refractivity contribution in [1.29, 1.82) is 5.26 Å². The molecule has 0 aliphatic rings. The first-order valence-electron chi connectivity index (χ1n) is 5.39. The number of nitrogens with zero attached hydrogens (tertiary/aromatic N) is 3. The lowest BCUT2D eigenvalue weighted by Gasteiger charge is -2.27. The third kappa shape index (κ3) is 2.91. The number of nitriles is 1. The second-order valence-corrected chi connectivity index (χ2v) is 3.83. The van der Waals surface area contributed by atoms with E-state index in [1.807, 2.05) is 13.8 Å². The van der Waals surface area contributed by atoms with E-state index in [0.29, 0.717) is 17.9 Å². The van der Waals surface area contributed by atoms with Crippen LogP contribution in [0.15, 0.2) is 12.3 Å². The summed E-state index contributed by atoms with van der Waals surface area (Å²) >= 11 is 0. The second kappa shape index (κ2) is 5.42. The summed E-state index contributed by atoms with van der Waals surface area (Å²) in [5.74, 6) is 0.502. The van der Waals surface area contributed by atoms with Crippen LogP contribution in [-0.4, -0.2) is 22.3 Å². The molecular formula is C11H17N5. The number of hydrogen-bond acceptors (Lipinski definition) is 5. The predicted molar refractivity (Wildman–Crippen MR) is 62.7 cm³/mol. The van der Waals surface area contributed by atoms with Gasteiger partial charge in [0, 0.05) is 12.1 Å². The van der Waals surface area contributed by atoms with Crippen molar-refractivity contribution >= 4 is 5.82 Å². The lowest BCUT2D eigenvalue weighted by molar-refractivity contribution is 0.417. The zero-order valence-corrected chi connectivity index (χ0v) is 9.70. The Bertz CT molecular complexity index is 378. The number of nitrogens with two attached hydrogens (primary N) is 1. The van der Waals surface area contributed by atoms with Crippen LogP contribution in [0.5, 0.6) is 0 Å². The number of hydrogen-bond donors (Lipinski definition) is 2. The highest BCUT2D eigenvalue weighted by molar-refractivity contribution is 5.50. The summed E-state index contributed by atoms with van der Waals surface area (Å²) in [4.78, 5) is 0. The Balaban J connectivity index is 2.72. The van der Waals surface area contributed by atoms with Crippen LogP contribution < -0.4 is 11.1 Å². The highest BCUT2D eigenvalue weighted by Crippen LogP contribution is 2.14. The molecule has 1 rings (SSSR count). The Morgan fingerprint density at radius 2 is 2.19 bits per heavy atom. The van der Waals surface area contributed by atoms with E-state index in [2.05, 4.69) is 21.6 Å². The Morgan fingerprint density at radius 1 is 1.50 bits per heavy atom. The quantitative estimate of drug-likeness (QED) is 0.778. The Kier molecular flexibility index (Phi) is 4.20. The molecule has 3 N–H and O–H groups in total. The molecule has 1 aromatic rings. The topological polar surface area (TPSA) is 87.6 Å². The van der Waals surface area contributed by atoms with E-state index in [-0.39, 0.29) is 5.54 Å². The van der Waals surface area contributed by atoms with Crippen molar-refractivity contribution in [3.63, 3.8) is 0 Å². The van der Waals surface area contributed by atoms with Crippen molar-refractivity contribution in [2.24, 2.45) is 5.73 Å². The summed E-state index contributed by atoms with van der Waals surface area (Å²) in [5, 5.41) is 19.6. The van der Waals surface area contributed by atoms with E-state index >= 15 is 0 Å². The third-order valence-corrected chi connectivity index (χ3v) is 2.86. The fourth-order valence-electron chi connectivity index (χ4n) is 1.31. The Morgan fingerprint density at radius 3 is 2.75 bits per heavy atom. The molecule has 0 bridgehead atoms. The monoisotopic (exact) mass is 219 g/mol. The van der Waals surface area contributed by atoms with Crippen molar-refractivity contribution < 1.29 is 0 Å². The standard InChI is InChI=1S/C11H17N5/c1-3-11(13,4-2)8-14-10-9(7-12)5-6-15-16-10/h5-6H,3-4,8,13H2,1-2H3,(H,14,16). The molecule has 1 aromatic heterocycles. The fourth-order valence-corrected chi connectivity index (χ4v) is 1.31. The van der Waals surface area contributed by atoms with Crippen molar-refractivity contribution in [1.82, 2.24) is 10.2 Å². The first-order chi connectivity index (χ1) is 7.65. The van der Waals surface area contributed by atoms with Crippen LogP contribution >= 0.6 is 0 Å². The average Bonchev–Trinajstić information content (AvgIpc) is 2.36. The van der Waals surface area contributed by atoms with Gasteiger partial charge >= 0.3 is 0 Å². The molecule has 86 valence electrons. The molecule has 0 unspecified atom stereocenters. The van der Waals surface area contributed by atoms with E-state index in [9.17, 15) is 0 Å². The van der Waals surface area contributed by atoms with Crippen molar-refractivity contribution in [3.8, 4) is 6.07 Å². The highest BCUT2D eigenvalue weighted by atomic mass is 15.2. The summed E-state index contributed by atoms with van der Waals surface area (Å²) in [6, 6.07) is 3.69. The molecule has 0 aromatic carbocycles. The van der Waals surface area contributed by atoms with Gasteiger partial charge in [-0.3, -0.25) is 0 Å². The second-order valence-electron chi connectivity index (χ2n) is 3.83. The van der Waals surface area contributed by atoms with Crippen LogP contribution in [0.2, 0.25) is 0 Å². The molecule has 0 atom stereocenters. The zero-order chi connectivity index (χ0) is 12.0. The number of nitrogens with one attached hydrogen (secondary N) is 1. The van der Waals surface area contributed by atoms with Crippen molar-refractivity contribution in [2.45, 2.75) is 32.2 Å². The van der Waals surface area contributed by atoms with Crippen LogP contribution in [0.4, 0.5) is 5.82 Å². The molecule has 1 heterocycles. The van der Waals surface area contributed by atoms with E-state index < -0.39 is 0 Å². The molecule has 16 heavy (non-hydrogen) atoms. The third-order valence-electron chi connectivity index (χ3n) is 2.86. The van der Waals surface area contributed by atoms with Crippen LogP contribution in [0.25, 0.3) is 0 Å². The normalized spacial score (nSPS) is 10.9. The van der Waals surface area contributed by atoms with Crippen molar-refractivity contribution in [3.05, 3.63) is 17.8 Å². The van der Waals surface area contributed by atoms with Gasteiger partial charge in [-0.1, -0.05) is 13.8 Å². The van der Waals surface area contributed by atoms with Crippen LogP contribution in [0, 0.1) is 11.3 Å². The SMILES string of the molecule is CCC(N)(CC)CNc1nnccc1C#N. The van der Waals surface area contributed by atoms with E-state index in [4.69, 9.17) is 11.0 Å². The summed E-state index contributed by atoms with van der Waals surface area (Å²) in [7, 11) is 0. The van der Waals surface area contributed by atoms with Gasteiger partial charge in [-0.25, -0.2) is 0 Å². The molecular weight excluding hydrogens is 202 g/mol. The number of anilines is 1. The summed E-state index contributed by atoms with van der Waals surface area (Å²) < 4.78 is 0. The van der Waals surface area contributed by atoms with Gasteiger partial charge in [0.25, 0.3) is 0 Å². The largest absolute Gasteiger partial charge is 0.366 e. The van der Waals surface area contributed by atoms with E-state index in [1.165, 1.54) is 6.20 Å². The summed E-state index contributed by atoms with van der Waals surface area (Å²) in [5.41, 5.74) is 6.37. The maximum atomic E-state index is 8.87. The molecule has 0 radical (unpaired) electrons. The molecule has 5 heteroatoms. The van der Waals surface area contributed by atoms with Crippen molar-refractivity contribution in [2.75, 3.05) is 11.9 Å². The Labute approximate surface area is 95.7 Å². The van der Waals surface area contributed by atoms with Gasteiger partial charge in [0.15, 0.2) is 5.82 Å². The molecule has 0 fully saturated rings. The van der Waals surface area contributed by atoms with E-state index in [0.717, 1.165) is 12.8 Å². The summed E-state index contributed by atoms with van der Waals surface area (Å²) in [6.45, 7) is 4.69. The van der Waals surface area contributed by atoms with E-state index in [1.54, 1.807) is 6.07 Å². The molecule has 0 saturated heterocycles. The molecule has 0 spiro atoms. The predicted octanol–water partition coefficient (Wildman–Crippen LogP) is 1.28. The maximum Gasteiger partial charge on any atom is 0.166 e.